The molecular formula is C17H18N6OS. The van der Waals surface area contributed by atoms with Crippen LogP contribution in [0.3, 0.4) is 0 Å². The second-order valence-electron chi connectivity index (χ2n) is 6.75. The van der Waals surface area contributed by atoms with Gasteiger partial charge in [-0.15, -0.1) is 11.3 Å². The minimum atomic E-state index is -0.0728. The zero-order valence-electron chi connectivity index (χ0n) is 13.6. The van der Waals surface area contributed by atoms with Gasteiger partial charge in [0.25, 0.3) is 5.91 Å². The molecule has 0 saturated carbocycles. The van der Waals surface area contributed by atoms with Crippen molar-refractivity contribution in [3.05, 3.63) is 36.7 Å². The van der Waals surface area contributed by atoms with Gasteiger partial charge in [0.2, 0.25) is 0 Å². The number of thiophene rings is 1. The van der Waals surface area contributed by atoms with Gasteiger partial charge in [-0.2, -0.15) is 5.10 Å². The fourth-order valence-corrected chi connectivity index (χ4v) is 4.85. The molecule has 3 fully saturated rings. The van der Waals surface area contributed by atoms with E-state index in [0.717, 1.165) is 21.6 Å². The van der Waals surface area contributed by atoms with E-state index in [2.05, 4.69) is 25.3 Å². The van der Waals surface area contributed by atoms with E-state index in [4.69, 9.17) is 0 Å². The number of hydrogen-bond donors (Lipinski definition) is 1. The van der Waals surface area contributed by atoms with Gasteiger partial charge in [0, 0.05) is 28.9 Å². The van der Waals surface area contributed by atoms with Crippen LogP contribution >= 0.6 is 11.3 Å². The van der Waals surface area contributed by atoms with Crippen LogP contribution in [-0.4, -0.2) is 56.2 Å². The standard InChI is InChI=1S/C17H18N6OS/c24-17(21-14-8-22-3-1-11(14)2-4-22)13-6-15-12(7-19-13)5-16(25-15)23-10-18-9-20-23/h5-7,9-11,14H,1-4,8H2,(H,21,24)/t14-/m0/s1. The number of rotatable bonds is 3. The number of carbonyl (C=O) groups is 1. The van der Waals surface area contributed by atoms with Crippen molar-refractivity contribution in [2.75, 3.05) is 19.6 Å². The molecule has 0 aromatic carbocycles. The van der Waals surface area contributed by atoms with E-state index in [9.17, 15) is 4.79 Å². The second-order valence-corrected chi connectivity index (χ2v) is 7.81. The molecule has 3 aromatic heterocycles. The van der Waals surface area contributed by atoms with E-state index >= 15 is 0 Å². The summed E-state index contributed by atoms with van der Waals surface area (Å²) in [5, 5.41) is 9.32. The summed E-state index contributed by atoms with van der Waals surface area (Å²) in [5.41, 5.74) is 0.482. The lowest BCUT2D eigenvalue weighted by atomic mass is 9.84. The Morgan fingerprint density at radius 1 is 1.28 bits per heavy atom. The molecule has 3 aliphatic heterocycles. The number of pyridine rings is 1. The van der Waals surface area contributed by atoms with Gasteiger partial charge in [-0.3, -0.25) is 9.78 Å². The molecule has 1 N–H and O–H groups in total. The van der Waals surface area contributed by atoms with E-state index in [1.165, 1.54) is 32.3 Å². The van der Waals surface area contributed by atoms with E-state index in [-0.39, 0.29) is 11.9 Å². The first-order valence-corrected chi connectivity index (χ1v) is 9.36. The molecule has 3 aliphatic rings. The number of aromatic nitrogens is 4. The normalized spacial score (nSPS) is 25.4. The molecule has 6 heterocycles. The van der Waals surface area contributed by atoms with Crippen LogP contribution in [0.5, 0.6) is 0 Å². The first-order chi connectivity index (χ1) is 12.3. The highest BCUT2D eigenvalue weighted by Crippen LogP contribution is 2.29. The third-order valence-corrected chi connectivity index (χ3v) is 6.33. The molecule has 0 radical (unpaired) electrons. The molecule has 0 aliphatic carbocycles. The molecule has 1 amide bonds. The van der Waals surface area contributed by atoms with Crippen molar-refractivity contribution in [1.82, 2.24) is 30.0 Å². The largest absolute Gasteiger partial charge is 0.346 e. The van der Waals surface area contributed by atoms with Crippen LogP contribution in [0.25, 0.3) is 15.1 Å². The smallest absolute Gasteiger partial charge is 0.270 e. The predicted octanol–water partition coefficient (Wildman–Crippen LogP) is 1.70. The highest BCUT2D eigenvalue weighted by Gasteiger charge is 2.35. The van der Waals surface area contributed by atoms with E-state index in [0.29, 0.717) is 11.6 Å². The lowest BCUT2D eigenvalue weighted by Gasteiger charge is -2.44. The van der Waals surface area contributed by atoms with Gasteiger partial charge in [-0.05, 0) is 44.0 Å². The quantitative estimate of drug-likeness (QED) is 0.775. The first-order valence-electron chi connectivity index (χ1n) is 8.54. The molecule has 3 saturated heterocycles. The van der Waals surface area contributed by atoms with Crippen LogP contribution < -0.4 is 5.32 Å². The molecule has 0 spiro atoms. The molecule has 0 unspecified atom stereocenters. The van der Waals surface area contributed by atoms with E-state index < -0.39 is 0 Å². The molecule has 8 heteroatoms. The topological polar surface area (TPSA) is 75.9 Å². The second kappa shape index (κ2) is 5.89. The third-order valence-electron chi connectivity index (χ3n) is 5.24. The molecule has 128 valence electrons. The predicted molar refractivity (Wildman–Crippen MR) is 95.0 cm³/mol. The summed E-state index contributed by atoms with van der Waals surface area (Å²) in [6, 6.07) is 4.13. The van der Waals surface area contributed by atoms with Crippen molar-refractivity contribution in [3.8, 4) is 5.00 Å². The Hall–Kier alpha value is -2.32. The number of hydrogen-bond acceptors (Lipinski definition) is 6. The van der Waals surface area contributed by atoms with Crippen LogP contribution in [0.1, 0.15) is 23.3 Å². The SMILES string of the molecule is O=C(N[C@H]1CN2CCC1CC2)c1cc2sc(-n3cncn3)cc2cn1. The van der Waals surface area contributed by atoms with E-state index in [1.54, 1.807) is 28.5 Å². The lowest BCUT2D eigenvalue weighted by Crippen LogP contribution is -2.57. The Bertz CT molecular complexity index is 913. The summed E-state index contributed by atoms with van der Waals surface area (Å²) in [6.07, 6.45) is 7.31. The summed E-state index contributed by atoms with van der Waals surface area (Å²) in [5.74, 6) is 0.537. The Morgan fingerprint density at radius 3 is 2.88 bits per heavy atom. The first kappa shape index (κ1) is 15.0. The highest BCUT2D eigenvalue weighted by molar-refractivity contribution is 7.21. The number of carbonyl (C=O) groups excluding carboxylic acids is 1. The van der Waals surface area contributed by atoms with Crippen molar-refractivity contribution in [1.29, 1.82) is 0 Å². The average molecular weight is 354 g/mol. The minimum Gasteiger partial charge on any atom is -0.346 e. The molecule has 1 atom stereocenters. The average Bonchev–Trinajstić information content (AvgIpc) is 3.31. The van der Waals surface area contributed by atoms with Crippen LogP contribution in [0.15, 0.2) is 31.0 Å². The molecular weight excluding hydrogens is 336 g/mol. The van der Waals surface area contributed by atoms with Crippen LogP contribution in [0.2, 0.25) is 0 Å². The van der Waals surface area contributed by atoms with Gasteiger partial charge in [-0.25, -0.2) is 9.67 Å². The van der Waals surface area contributed by atoms with Crippen molar-refractivity contribution in [2.24, 2.45) is 5.92 Å². The maximum Gasteiger partial charge on any atom is 0.270 e. The Labute approximate surface area is 148 Å². The van der Waals surface area contributed by atoms with Crippen LogP contribution in [0.4, 0.5) is 0 Å². The van der Waals surface area contributed by atoms with Crippen LogP contribution in [0, 0.1) is 5.92 Å². The zero-order chi connectivity index (χ0) is 16.8. The fraction of sp³-hybridized carbons (Fsp3) is 0.412. The summed E-state index contributed by atoms with van der Waals surface area (Å²) in [6.45, 7) is 3.30. The van der Waals surface area contributed by atoms with Gasteiger partial charge >= 0.3 is 0 Å². The Kier molecular flexibility index (Phi) is 3.53. The Balaban J connectivity index is 1.38. The van der Waals surface area contributed by atoms with Gasteiger partial charge in [-0.1, -0.05) is 0 Å². The summed E-state index contributed by atoms with van der Waals surface area (Å²) in [7, 11) is 0. The summed E-state index contributed by atoms with van der Waals surface area (Å²) < 4.78 is 2.75. The number of nitrogens with zero attached hydrogens (tertiary/aromatic N) is 5. The number of piperidine rings is 3. The highest BCUT2D eigenvalue weighted by atomic mass is 32.1. The van der Waals surface area contributed by atoms with Gasteiger partial charge in [0.15, 0.2) is 0 Å². The fourth-order valence-electron chi connectivity index (χ4n) is 3.85. The van der Waals surface area contributed by atoms with Gasteiger partial charge in [0.05, 0.1) is 0 Å². The van der Waals surface area contributed by atoms with Crippen molar-refractivity contribution in [3.63, 3.8) is 0 Å². The van der Waals surface area contributed by atoms with Crippen molar-refractivity contribution in [2.45, 2.75) is 18.9 Å². The number of nitrogens with one attached hydrogen (secondary N) is 1. The lowest BCUT2D eigenvalue weighted by molar-refractivity contribution is 0.0618. The third kappa shape index (κ3) is 2.71. The molecule has 3 aromatic rings. The van der Waals surface area contributed by atoms with Gasteiger partial charge < -0.3 is 10.2 Å². The molecule has 6 rings (SSSR count). The maximum absolute atomic E-state index is 12.7. The Morgan fingerprint density at radius 2 is 2.16 bits per heavy atom. The number of fused-ring (bicyclic) bond motifs is 4. The molecule has 7 nitrogen and oxygen atoms in total. The summed E-state index contributed by atoms with van der Waals surface area (Å²) in [4.78, 5) is 23.4. The number of amides is 1. The van der Waals surface area contributed by atoms with Crippen LogP contribution in [-0.2, 0) is 0 Å². The zero-order valence-corrected chi connectivity index (χ0v) is 14.4. The monoisotopic (exact) mass is 354 g/mol. The summed E-state index contributed by atoms with van der Waals surface area (Å²) >= 11 is 1.58. The van der Waals surface area contributed by atoms with Crippen molar-refractivity contribution < 1.29 is 4.79 Å². The molecule has 25 heavy (non-hydrogen) atoms. The molecule has 2 bridgehead atoms. The van der Waals surface area contributed by atoms with Gasteiger partial charge in [0.1, 0.15) is 23.3 Å². The van der Waals surface area contributed by atoms with E-state index in [1.807, 2.05) is 12.1 Å². The minimum absolute atomic E-state index is 0.0728. The maximum atomic E-state index is 12.7. The van der Waals surface area contributed by atoms with Crippen molar-refractivity contribution >= 4 is 27.3 Å².